The number of anilines is 1. The molecule has 0 saturated carbocycles. The highest BCUT2D eigenvalue weighted by atomic mass is 35.5. The quantitative estimate of drug-likeness (QED) is 0.878. The number of benzene rings is 2. The predicted octanol–water partition coefficient (Wildman–Crippen LogP) is 4.55. The molecule has 0 spiro atoms. The Labute approximate surface area is 152 Å². The lowest BCUT2D eigenvalue weighted by atomic mass is 9.93. The fraction of sp³-hybridized carbons (Fsp3) is 0.200. The number of carbonyl (C=O) groups excluding carboxylic acids is 2. The molecule has 2 aromatic carbocycles. The molecular weight excluding hydrogens is 336 g/mol. The summed E-state index contributed by atoms with van der Waals surface area (Å²) >= 11 is 5.95. The largest absolute Gasteiger partial charge is 0.326 e. The highest BCUT2D eigenvalue weighted by Crippen LogP contribution is 2.33. The minimum atomic E-state index is -0.314. The van der Waals surface area contributed by atoms with Gasteiger partial charge in [-0.05, 0) is 47.9 Å². The van der Waals surface area contributed by atoms with Crippen molar-refractivity contribution >= 4 is 35.2 Å². The number of hydrogen-bond acceptors (Lipinski definition) is 2. The second-order valence-electron chi connectivity index (χ2n) is 6.10. The van der Waals surface area contributed by atoms with Gasteiger partial charge in [-0.25, -0.2) is 0 Å². The van der Waals surface area contributed by atoms with Crippen molar-refractivity contribution in [3.05, 3.63) is 70.4 Å². The third-order valence-electron chi connectivity index (χ3n) is 4.31. The molecule has 3 rings (SSSR count). The number of amides is 2. The zero-order chi connectivity index (χ0) is 18.0. The van der Waals surface area contributed by atoms with Crippen LogP contribution in [0, 0.1) is 6.92 Å². The molecule has 1 heterocycles. The first-order valence-corrected chi connectivity index (χ1v) is 8.45. The Morgan fingerprint density at radius 2 is 1.96 bits per heavy atom. The minimum Gasteiger partial charge on any atom is -0.326 e. The van der Waals surface area contributed by atoms with E-state index in [1.54, 1.807) is 29.3 Å². The SMILES string of the molecule is CC(=O)N1C=Cc2ccccc2[C@@H]1CC(=O)Nc1ccc(Cl)cc1C. The van der Waals surface area contributed by atoms with E-state index in [2.05, 4.69) is 5.32 Å². The number of rotatable bonds is 3. The second-order valence-corrected chi connectivity index (χ2v) is 6.53. The van der Waals surface area contributed by atoms with Gasteiger partial charge in [-0.1, -0.05) is 35.9 Å². The Balaban J connectivity index is 1.82. The fourth-order valence-electron chi connectivity index (χ4n) is 3.06. The number of nitrogens with one attached hydrogen (secondary N) is 1. The monoisotopic (exact) mass is 354 g/mol. The van der Waals surface area contributed by atoms with Crippen LogP contribution in [-0.2, 0) is 9.59 Å². The Hall–Kier alpha value is -2.59. The first-order valence-electron chi connectivity index (χ1n) is 8.08. The third-order valence-corrected chi connectivity index (χ3v) is 4.55. The van der Waals surface area contributed by atoms with E-state index in [1.165, 1.54) is 6.92 Å². The summed E-state index contributed by atoms with van der Waals surface area (Å²) in [5, 5.41) is 3.54. The average Bonchev–Trinajstić information content (AvgIpc) is 2.57. The van der Waals surface area contributed by atoms with Crippen LogP contribution in [0.2, 0.25) is 5.02 Å². The van der Waals surface area contributed by atoms with Crippen molar-refractivity contribution in [1.82, 2.24) is 4.90 Å². The lowest BCUT2D eigenvalue weighted by Gasteiger charge is -2.32. The standard InChI is InChI=1S/C20H19ClN2O2/c1-13-11-16(21)7-8-18(13)22-20(25)12-19-17-6-4-3-5-15(17)9-10-23(19)14(2)24/h3-11,19H,12H2,1-2H3,(H,22,25)/t19-/m0/s1. The highest BCUT2D eigenvalue weighted by molar-refractivity contribution is 6.30. The third kappa shape index (κ3) is 3.74. The highest BCUT2D eigenvalue weighted by Gasteiger charge is 2.28. The summed E-state index contributed by atoms with van der Waals surface area (Å²) in [6.45, 7) is 3.40. The van der Waals surface area contributed by atoms with Crippen molar-refractivity contribution in [2.75, 3.05) is 5.32 Å². The summed E-state index contributed by atoms with van der Waals surface area (Å²) in [4.78, 5) is 26.2. The first-order chi connectivity index (χ1) is 12.0. The van der Waals surface area contributed by atoms with Crippen LogP contribution in [0.4, 0.5) is 5.69 Å². The number of nitrogens with zero attached hydrogens (tertiary/aromatic N) is 1. The van der Waals surface area contributed by atoms with Crippen LogP contribution in [-0.4, -0.2) is 16.7 Å². The molecule has 1 aliphatic rings. The predicted molar refractivity (Wildman–Crippen MR) is 100 cm³/mol. The van der Waals surface area contributed by atoms with Gasteiger partial charge in [0.2, 0.25) is 11.8 Å². The van der Waals surface area contributed by atoms with Gasteiger partial charge in [0.15, 0.2) is 0 Å². The van der Waals surface area contributed by atoms with E-state index in [-0.39, 0.29) is 24.3 Å². The molecule has 0 unspecified atom stereocenters. The molecule has 2 aromatic rings. The zero-order valence-electron chi connectivity index (χ0n) is 14.1. The van der Waals surface area contributed by atoms with E-state index in [1.807, 2.05) is 37.3 Å². The van der Waals surface area contributed by atoms with Gasteiger partial charge in [0.25, 0.3) is 0 Å². The van der Waals surface area contributed by atoms with Crippen LogP contribution in [0.25, 0.3) is 6.08 Å². The van der Waals surface area contributed by atoms with E-state index in [9.17, 15) is 9.59 Å². The van der Waals surface area contributed by atoms with Crippen LogP contribution in [0.1, 0.15) is 36.1 Å². The molecule has 5 heteroatoms. The molecule has 0 saturated heterocycles. The van der Waals surface area contributed by atoms with Gasteiger partial charge < -0.3 is 10.2 Å². The van der Waals surface area contributed by atoms with Crippen molar-refractivity contribution < 1.29 is 9.59 Å². The van der Waals surface area contributed by atoms with E-state index in [0.29, 0.717) is 5.02 Å². The molecule has 2 amide bonds. The molecule has 0 bridgehead atoms. The van der Waals surface area contributed by atoms with Crippen molar-refractivity contribution in [3.63, 3.8) is 0 Å². The Morgan fingerprint density at radius 1 is 1.20 bits per heavy atom. The molecule has 0 fully saturated rings. The number of halogens is 1. The number of aryl methyl sites for hydroxylation is 1. The maximum absolute atomic E-state index is 12.6. The summed E-state index contributed by atoms with van der Waals surface area (Å²) in [6, 6.07) is 12.8. The summed E-state index contributed by atoms with van der Waals surface area (Å²) in [5.41, 5.74) is 3.63. The van der Waals surface area contributed by atoms with E-state index < -0.39 is 0 Å². The molecular formula is C20H19ClN2O2. The molecule has 0 aromatic heterocycles. The maximum atomic E-state index is 12.6. The van der Waals surface area contributed by atoms with Crippen LogP contribution < -0.4 is 5.32 Å². The lowest BCUT2D eigenvalue weighted by Crippen LogP contribution is -2.33. The zero-order valence-corrected chi connectivity index (χ0v) is 14.9. The molecule has 1 aliphatic heterocycles. The van der Waals surface area contributed by atoms with E-state index >= 15 is 0 Å². The van der Waals surface area contributed by atoms with Crippen molar-refractivity contribution in [2.24, 2.45) is 0 Å². The molecule has 0 aliphatic carbocycles. The number of fused-ring (bicyclic) bond motifs is 1. The van der Waals surface area contributed by atoms with Gasteiger partial charge in [-0.15, -0.1) is 0 Å². The minimum absolute atomic E-state index is 0.0915. The second kappa shape index (κ2) is 7.11. The van der Waals surface area contributed by atoms with Crippen LogP contribution in [0.15, 0.2) is 48.7 Å². The molecule has 1 N–H and O–H groups in total. The molecule has 128 valence electrons. The smallest absolute Gasteiger partial charge is 0.226 e. The van der Waals surface area contributed by atoms with Gasteiger partial charge in [0.1, 0.15) is 0 Å². The number of hydrogen-bond donors (Lipinski definition) is 1. The Kier molecular flexibility index (Phi) is 4.91. The molecule has 25 heavy (non-hydrogen) atoms. The average molecular weight is 355 g/mol. The molecule has 4 nitrogen and oxygen atoms in total. The van der Waals surface area contributed by atoms with E-state index in [4.69, 9.17) is 11.6 Å². The molecule has 1 atom stereocenters. The lowest BCUT2D eigenvalue weighted by molar-refractivity contribution is -0.129. The summed E-state index contributed by atoms with van der Waals surface area (Å²) in [5.74, 6) is -0.238. The summed E-state index contributed by atoms with van der Waals surface area (Å²) in [6.07, 6.45) is 3.83. The topological polar surface area (TPSA) is 49.4 Å². The number of carbonyl (C=O) groups is 2. The van der Waals surface area contributed by atoms with Gasteiger partial charge >= 0.3 is 0 Å². The first kappa shape index (κ1) is 17.2. The summed E-state index contributed by atoms with van der Waals surface area (Å²) in [7, 11) is 0. The summed E-state index contributed by atoms with van der Waals surface area (Å²) < 4.78 is 0. The van der Waals surface area contributed by atoms with Gasteiger partial charge in [0, 0.05) is 23.8 Å². The van der Waals surface area contributed by atoms with Gasteiger partial charge in [-0.3, -0.25) is 9.59 Å². The maximum Gasteiger partial charge on any atom is 0.226 e. The van der Waals surface area contributed by atoms with Crippen LogP contribution >= 0.6 is 11.6 Å². The molecule has 0 radical (unpaired) electrons. The van der Waals surface area contributed by atoms with Gasteiger partial charge in [-0.2, -0.15) is 0 Å². The van der Waals surface area contributed by atoms with E-state index in [0.717, 1.165) is 22.4 Å². The van der Waals surface area contributed by atoms with Crippen LogP contribution in [0.5, 0.6) is 0 Å². The van der Waals surface area contributed by atoms with Crippen LogP contribution in [0.3, 0.4) is 0 Å². The van der Waals surface area contributed by atoms with Crippen molar-refractivity contribution in [2.45, 2.75) is 26.3 Å². The Morgan fingerprint density at radius 3 is 2.68 bits per heavy atom. The normalized spacial score (nSPS) is 15.6. The van der Waals surface area contributed by atoms with Gasteiger partial charge in [0.05, 0.1) is 12.5 Å². The van der Waals surface area contributed by atoms with Crippen molar-refractivity contribution in [1.29, 1.82) is 0 Å². The fourth-order valence-corrected chi connectivity index (χ4v) is 3.28. The Bertz CT molecular complexity index is 861. The van der Waals surface area contributed by atoms with Crippen molar-refractivity contribution in [3.8, 4) is 0 Å².